The molecular weight excluding hydrogens is 641 g/mol. The van der Waals surface area contributed by atoms with Crippen molar-refractivity contribution in [1.29, 1.82) is 0 Å². The van der Waals surface area contributed by atoms with Gasteiger partial charge in [0.25, 0.3) is 0 Å². The fourth-order valence-corrected chi connectivity index (χ4v) is 12.0. The van der Waals surface area contributed by atoms with Gasteiger partial charge in [-0.05, 0) is 58.8 Å². The third-order valence-electron chi connectivity index (χ3n) is 12.4. The second-order valence-corrected chi connectivity index (χ2v) is 13.0. The smallest absolute Gasteiger partial charge is 0 e. The molecule has 0 aromatic heterocycles. The first-order chi connectivity index (χ1) is 21.4. The van der Waals surface area contributed by atoms with Crippen molar-refractivity contribution in [2.24, 2.45) is 41.4 Å². The summed E-state index contributed by atoms with van der Waals surface area (Å²) >= 11 is 0. The molecule has 267 valence electrons. The van der Waals surface area contributed by atoms with Crippen LogP contribution in [0, 0.1) is 47.3 Å². The minimum absolute atomic E-state index is 0. The molecule has 0 nitrogen and oxygen atoms in total. The van der Waals surface area contributed by atoms with Gasteiger partial charge in [0.05, 0.1) is 0 Å². The summed E-state index contributed by atoms with van der Waals surface area (Å²) in [5.74, 6) is 12.3. The maximum absolute atomic E-state index is 2.57. The molecule has 2 aromatic carbocycles. The van der Waals surface area contributed by atoms with Gasteiger partial charge in [-0.3, -0.25) is 0 Å². The molecule has 0 saturated heterocycles. The molecule has 7 aliphatic rings. The Morgan fingerprint density at radius 2 is 0.894 bits per heavy atom. The Hall–Kier alpha value is -0.456. The molecule has 0 amide bonds. The summed E-state index contributed by atoms with van der Waals surface area (Å²) in [6, 6.07) is 19.6. The maximum atomic E-state index is 2.57. The normalized spacial score (nSPS) is 34.6. The van der Waals surface area contributed by atoms with Crippen molar-refractivity contribution in [3.63, 3.8) is 0 Å². The van der Waals surface area contributed by atoms with E-state index in [4.69, 9.17) is 0 Å². The van der Waals surface area contributed by atoms with Gasteiger partial charge in [0.15, 0.2) is 0 Å². The molecule has 9 rings (SSSR count). The average molecular weight is 721 g/mol. The minimum Gasteiger partial charge on any atom is -0.303 e. The Bertz CT molecular complexity index is 1120. The zero-order valence-corrected chi connectivity index (χ0v) is 33.2. The Balaban J connectivity index is 0.00000140. The summed E-state index contributed by atoms with van der Waals surface area (Å²) in [5, 5.41) is 0. The summed E-state index contributed by atoms with van der Waals surface area (Å²) in [5.41, 5.74) is 7.18. The van der Waals surface area contributed by atoms with E-state index in [2.05, 4.69) is 54.4 Å². The van der Waals surface area contributed by atoms with Crippen molar-refractivity contribution in [2.75, 3.05) is 0 Å². The van der Waals surface area contributed by atoms with Crippen LogP contribution in [0.1, 0.15) is 195 Å². The molecule has 2 aromatic rings. The van der Waals surface area contributed by atoms with Gasteiger partial charge in [-0.2, -0.15) is 17.8 Å². The number of fused-ring (bicyclic) bond motifs is 11. The van der Waals surface area contributed by atoms with Crippen LogP contribution in [0.2, 0.25) is 0 Å². The van der Waals surface area contributed by atoms with Crippen LogP contribution in [0.3, 0.4) is 0 Å². The molecular formula is C46H79Y-. The van der Waals surface area contributed by atoms with E-state index in [1.165, 1.54) is 57.8 Å². The van der Waals surface area contributed by atoms with E-state index in [-0.39, 0.29) is 55.0 Å². The van der Waals surface area contributed by atoms with Crippen molar-refractivity contribution in [2.45, 2.75) is 173 Å². The van der Waals surface area contributed by atoms with Gasteiger partial charge in [-0.25, -0.2) is 0 Å². The Labute approximate surface area is 321 Å². The molecule has 5 saturated carbocycles. The summed E-state index contributed by atoms with van der Waals surface area (Å²) in [7, 11) is 0. The van der Waals surface area contributed by atoms with E-state index >= 15 is 0 Å². The standard InChI is InChI=1S/C33H37.5C2H6.3CH4.Y/c1-4-11-21-18(8-1)22-14-7-15-26-29(22)30(21)27-17-16-25-19-9-2-3-10-20(19)28-23-12-5-6-13-24(23)31(26)33(27)32(25)28;5*1-2;;;;/h1-4,8-11,22-30,32-33H,5-7,12-17H2;5*1-2H3;3*1H4;/q-1;;;;;;;;;. The van der Waals surface area contributed by atoms with E-state index in [1.54, 1.807) is 22.3 Å². The van der Waals surface area contributed by atoms with Crippen LogP contribution in [-0.2, 0) is 32.7 Å². The van der Waals surface area contributed by atoms with E-state index in [9.17, 15) is 0 Å². The van der Waals surface area contributed by atoms with Crippen LogP contribution >= 0.6 is 0 Å². The minimum atomic E-state index is 0. The second kappa shape index (κ2) is 21.7. The SMILES string of the molecule is C.C.C.CC.CC.CC.CC.CC.[Y].c1ccc2c(c1)C1CCCC3[C-]4C5CCCCC5C5c6ccccc6C6CCC(C2C13)C4C65. The quantitative estimate of drug-likeness (QED) is 0.238. The van der Waals surface area contributed by atoms with Gasteiger partial charge >= 0.3 is 0 Å². The second-order valence-electron chi connectivity index (χ2n) is 13.0. The predicted octanol–water partition coefficient (Wildman–Crippen LogP) is 15.3. The van der Waals surface area contributed by atoms with E-state index < -0.39 is 0 Å². The zero-order chi connectivity index (χ0) is 31.3. The summed E-state index contributed by atoms with van der Waals surface area (Å²) in [4.78, 5) is 0. The molecule has 0 N–H and O–H groups in total. The monoisotopic (exact) mass is 721 g/mol. The number of rotatable bonds is 0. The predicted molar refractivity (Wildman–Crippen MR) is 210 cm³/mol. The van der Waals surface area contributed by atoms with Crippen molar-refractivity contribution in [1.82, 2.24) is 0 Å². The van der Waals surface area contributed by atoms with Gasteiger partial charge in [0.1, 0.15) is 0 Å². The first-order valence-corrected chi connectivity index (χ1v) is 19.5. The molecule has 0 bridgehead atoms. The molecule has 11 unspecified atom stereocenters. The van der Waals surface area contributed by atoms with Gasteiger partial charge in [-0.15, -0.1) is 0 Å². The molecule has 47 heavy (non-hydrogen) atoms. The topological polar surface area (TPSA) is 0 Å². The van der Waals surface area contributed by atoms with Crippen LogP contribution in [0.25, 0.3) is 0 Å². The van der Waals surface area contributed by atoms with Crippen LogP contribution < -0.4 is 0 Å². The number of benzene rings is 2. The largest absolute Gasteiger partial charge is 0.303 e. The van der Waals surface area contributed by atoms with E-state index in [0.29, 0.717) is 0 Å². The Kier molecular flexibility index (Phi) is 21.5. The molecule has 0 aliphatic heterocycles. The average Bonchev–Trinajstić information content (AvgIpc) is 3.64. The van der Waals surface area contributed by atoms with E-state index in [1.807, 2.05) is 69.2 Å². The van der Waals surface area contributed by atoms with Gasteiger partial charge in [-0.1, -0.05) is 209 Å². The van der Waals surface area contributed by atoms with Gasteiger partial charge < -0.3 is 5.92 Å². The van der Waals surface area contributed by atoms with Gasteiger partial charge in [0, 0.05) is 32.7 Å². The van der Waals surface area contributed by atoms with Crippen molar-refractivity contribution >= 4 is 0 Å². The fraction of sp³-hybridized carbons (Fsp3) is 0.717. The maximum Gasteiger partial charge on any atom is 0 e. The molecule has 5 fully saturated rings. The molecule has 0 heterocycles. The summed E-state index contributed by atoms with van der Waals surface area (Å²) < 4.78 is 0. The molecule has 7 aliphatic carbocycles. The van der Waals surface area contributed by atoms with Crippen LogP contribution in [0.4, 0.5) is 0 Å². The van der Waals surface area contributed by atoms with Crippen LogP contribution in [0.15, 0.2) is 48.5 Å². The summed E-state index contributed by atoms with van der Waals surface area (Å²) in [6.45, 7) is 20.0. The van der Waals surface area contributed by atoms with E-state index in [0.717, 1.165) is 65.1 Å². The van der Waals surface area contributed by atoms with Crippen molar-refractivity contribution < 1.29 is 32.7 Å². The molecule has 1 radical (unpaired) electrons. The van der Waals surface area contributed by atoms with Crippen LogP contribution in [-0.4, -0.2) is 0 Å². The first-order valence-electron chi connectivity index (χ1n) is 19.5. The Morgan fingerprint density at radius 3 is 1.45 bits per heavy atom. The third-order valence-corrected chi connectivity index (χ3v) is 12.4. The van der Waals surface area contributed by atoms with Crippen LogP contribution in [0.5, 0.6) is 0 Å². The third kappa shape index (κ3) is 7.47. The molecule has 1 heteroatoms. The van der Waals surface area contributed by atoms with Crippen molar-refractivity contribution in [3.8, 4) is 0 Å². The molecule has 0 spiro atoms. The number of hydrogen-bond donors (Lipinski definition) is 0. The molecule has 11 atom stereocenters. The van der Waals surface area contributed by atoms with Crippen molar-refractivity contribution in [3.05, 3.63) is 76.7 Å². The van der Waals surface area contributed by atoms with Gasteiger partial charge in [0.2, 0.25) is 0 Å². The fourth-order valence-electron chi connectivity index (χ4n) is 12.0. The number of hydrogen-bond acceptors (Lipinski definition) is 0. The zero-order valence-electron chi connectivity index (χ0n) is 30.4. The summed E-state index contributed by atoms with van der Waals surface area (Å²) in [6.07, 6.45) is 13.4. The first kappa shape index (κ1) is 46.5. The Morgan fingerprint density at radius 1 is 0.447 bits per heavy atom.